The number of nitrogens with two attached hydrogens (primary N) is 1. The summed E-state index contributed by atoms with van der Waals surface area (Å²) in [7, 11) is 0. The second kappa shape index (κ2) is 5.09. The van der Waals surface area contributed by atoms with Crippen LogP contribution in [-0.2, 0) is 4.79 Å². The molecule has 0 fully saturated rings. The molecule has 0 saturated carbocycles. The van der Waals surface area contributed by atoms with E-state index in [1.54, 1.807) is 0 Å². The first-order valence-corrected chi connectivity index (χ1v) is 4.94. The molecule has 1 amide bonds. The normalized spacial score (nSPS) is 12.3. The van der Waals surface area contributed by atoms with Crippen LogP contribution in [0.3, 0.4) is 0 Å². The molecule has 1 aromatic carbocycles. The lowest BCUT2D eigenvalue weighted by molar-refractivity contribution is -0.117. The maximum absolute atomic E-state index is 12.8. The van der Waals surface area contributed by atoms with Crippen molar-refractivity contribution in [2.75, 3.05) is 5.32 Å². The van der Waals surface area contributed by atoms with Gasteiger partial charge in [-0.1, -0.05) is 18.5 Å². The minimum Gasteiger partial charge on any atom is -0.325 e. The van der Waals surface area contributed by atoms with Gasteiger partial charge in [0.05, 0.1) is 11.1 Å². The van der Waals surface area contributed by atoms with Crippen LogP contribution in [0.15, 0.2) is 18.2 Å². The number of nitrogens with one attached hydrogen (secondary N) is 1. The van der Waals surface area contributed by atoms with Crippen molar-refractivity contribution in [2.24, 2.45) is 5.73 Å². The van der Waals surface area contributed by atoms with Gasteiger partial charge in [0.25, 0.3) is 0 Å². The molecule has 0 aliphatic heterocycles. The molecule has 0 aliphatic carbocycles. The maximum atomic E-state index is 12.8. The number of hydrogen-bond acceptors (Lipinski definition) is 2. The van der Waals surface area contributed by atoms with Crippen LogP contribution in [-0.4, -0.2) is 11.9 Å². The number of amides is 1. The zero-order chi connectivity index (χ0) is 11.4. The Morgan fingerprint density at radius 1 is 1.67 bits per heavy atom. The molecule has 0 saturated heterocycles. The van der Waals surface area contributed by atoms with E-state index in [-0.39, 0.29) is 10.9 Å². The summed E-state index contributed by atoms with van der Waals surface area (Å²) in [6.07, 6.45) is 0.542. The van der Waals surface area contributed by atoms with Gasteiger partial charge in [0.15, 0.2) is 0 Å². The van der Waals surface area contributed by atoms with Gasteiger partial charge in [-0.25, -0.2) is 4.39 Å². The third-order valence-electron chi connectivity index (χ3n) is 1.96. The predicted molar refractivity (Wildman–Crippen MR) is 58.3 cm³/mol. The largest absolute Gasteiger partial charge is 0.325 e. The summed E-state index contributed by atoms with van der Waals surface area (Å²) in [5, 5.41) is 2.52. The Labute approximate surface area is 92.4 Å². The molecule has 0 bridgehead atoms. The average molecular weight is 231 g/mol. The quantitative estimate of drug-likeness (QED) is 0.836. The second-order valence-electron chi connectivity index (χ2n) is 3.13. The van der Waals surface area contributed by atoms with Crippen LogP contribution in [0.2, 0.25) is 5.02 Å². The Balaban J connectivity index is 2.73. The zero-order valence-electron chi connectivity index (χ0n) is 8.26. The molecule has 1 atom stereocenters. The highest BCUT2D eigenvalue weighted by molar-refractivity contribution is 6.31. The smallest absolute Gasteiger partial charge is 0.241 e. The van der Waals surface area contributed by atoms with E-state index in [0.29, 0.717) is 12.1 Å². The van der Waals surface area contributed by atoms with Gasteiger partial charge >= 0.3 is 0 Å². The molecule has 1 unspecified atom stereocenters. The first-order chi connectivity index (χ1) is 7.04. The summed E-state index contributed by atoms with van der Waals surface area (Å²) in [5.41, 5.74) is 5.95. The van der Waals surface area contributed by atoms with Crippen LogP contribution < -0.4 is 11.1 Å². The first-order valence-electron chi connectivity index (χ1n) is 4.56. The average Bonchev–Trinajstić information content (AvgIpc) is 2.22. The Hall–Kier alpha value is -1.13. The van der Waals surface area contributed by atoms with Crippen molar-refractivity contribution in [2.45, 2.75) is 19.4 Å². The summed E-state index contributed by atoms with van der Waals surface area (Å²) < 4.78 is 12.8. The third kappa shape index (κ3) is 3.18. The topological polar surface area (TPSA) is 55.1 Å². The van der Waals surface area contributed by atoms with Gasteiger partial charge in [0.2, 0.25) is 5.91 Å². The minimum absolute atomic E-state index is 0.0298. The Bertz CT molecular complexity index is 370. The number of carbonyl (C=O) groups is 1. The molecule has 3 N–H and O–H groups in total. The molecule has 0 spiro atoms. The molecule has 0 aromatic heterocycles. The maximum Gasteiger partial charge on any atom is 0.241 e. The van der Waals surface area contributed by atoms with E-state index in [2.05, 4.69) is 5.32 Å². The van der Waals surface area contributed by atoms with E-state index < -0.39 is 11.9 Å². The Kier molecular flexibility index (Phi) is 4.05. The number of anilines is 1. The zero-order valence-corrected chi connectivity index (χ0v) is 9.01. The molecule has 82 valence electrons. The fourth-order valence-electron chi connectivity index (χ4n) is 0.994. The Morgan fingerprint density at radius 3 is 2.87 bits per heavy atom. The van der Waals surface area contributed by atoms with Crippen molar-refractivity contribution in [1.29, 1.82) is 0 Å². The van der Waals surface area contributed by atoms with Crippen LogP contribution in [0.1, 0.15) is 13.3 Å². The van der Waals surface area contributed by atoms with E-state index >= 15 is 0 Å². The molecule has 0 radical (unpaired) electrons. The van der Waals surface area contributed by atoms with Gasteiger partial charge in [-0.15, -0.1) is 0 Å². The molecule has 1 rings (SSSR count). The molecule has 3 nitrogen and oxygen atoms in total. The van der Waals surface area contributed by atoms with Gasteiger partial charge < -0.3 is 11.1 Å². The lowest BCUT2D eigenvalue weighted by Crippen LogP contribution is -2.34. The standard InChI is InChI=1S/C10H12ClFN2O/c1-2-9(13)10(15)14-6-3-4-8(12)7(11)5-6/h3-5,9H,2,13H2,1H3,(H,14,15). The molecule has 1 aromatic rings. The van der Waals surface area contributed by atoms with Gasteiger partial charge in [-0.05, 0) is 24.6 Å². The molecular formula is C10H12ClFN2O. The van der Waals surface area contributed by atoms with E-state index in [1.807, 2.05) is 6.92 Å². The first kappa shape index (κ1) is 11.9. The highest BCUT2D eigenvalue weighted by Crippen LogP contribution is 2.19. The van der Waals surface area contributed by atoms with Crippen molar-refractivity contribution in [3.8, 4) is 0 Å². The number of benzene rings is 1. The predicted octanol–water partition coefficient (Wildman–Crippen LogP) is 2.15. The van der Waals surface area contributed by atoms with Crippen molar-refractivity contribution < 1.29 is 9.18 Å². The number of hydrogen-bond donors (Lipinski definition) is 2. The SMILES string of the molecule is CCC(N)C(=O)Nc1ccc(F)c(Cl)c1. The van der Waals surface area contributed by atoms with Gasteiger partial charge in [0.1, 0.15) is 5.82 Å². The Morgan fingerprint density at radius 2 is 2.33 bits per heavy atom. The van der Waals surface area contributed by atoms with E-state index in [4.69, 9.17) is 17.3 Å². The van der Waals surface area contributed by atoms with Crippen molar-refractivity contribution in [1.82, 2.24) is 0 Å². The van der Waals surface area contributed by atoms with Crippen molar-refractivity contribution >= 4 is 23.2 Å². The van der Waals surface area contributed by atoms with Gasteiger partial charge in [-0.3, -0.25) is 4.79 Å². The molecule has 0 aliphatic rings. The molecular weight excluding hydrogens is 219 g/mol. The van der Waals surface area contributed by atoms with E-state index in [9.17, 15) is 9.18 Å². The summed E-state index contributed by atoms with van der Waals surface area (Å²) in [6, 6.07) is 3.41. The molecule has 5 heteroatoms. The fraction of sp³-hybridized carbons (Fsp3) is 0.300. The van der Waals surface area contributed by atoms with Crippen LogP contribution in [0.5, 0.6) is 0 Å². The second-order valence-corrected chi connectivity index (χ2v) is 3.54. The van der Waals surface area contributed by atoms with Crippen LogP contribution in [0, 0.1) is 5.82 Å². The third-order valence-corrected chi connectivity index (χ3v) is 2.25. The number of halogens is 2. The minimum atomic E-state index is -0.561. The molecule has 15 heavy (non-hydrogen) atoms. The van der Waals surface area contributed by atoms with Gasteiger partial charge in [-0.2, -0.15) is 0 Å². The highest BCUT2D eigenvalue weighted by Gasteiger charge is 2.11. The van der Waals surface area contributed by atoms with E-state index in [1.165, 1.54) is 18.2 Å². The number of carbonyl (C=O) groups excluding carboxylic acids is 1. The monoisotopic (exact) mass is 230 g/mol. The number of rotatable bonds is 3. The van der Waals surface area contributed by atoms with Crippen LogP contribution in [0.4, 0.5) is 10.1 Å². The van der Waals surface area contributed by atoms with Crippen molar-refractivity contribution in [3.05, 3.63) is 29.0 Å². The lowest BCUT2D eigenvalue weighted by atomic mass is 10.2. The molecule has 0 heterocycles. The summed E-state index contributed by atoms with van der Waals surface area (Å²) in [4.78, 5) is 11.4. The highest BCUT2D eigenvalue weighted by atomic mass is 35.5. The van der Waals surface area contributed by atoms with Crippen LogP contribution >= 0.6 is 11.6 Å². The summed E-state index contributed by atoms with van der Waals surface area (Å²) in [5.74, 6) is -0.824. The summed E-state index contributed by atoms with van der Waals surface area (Å²) >= 11 is 5.55. The lowest BCUT2D eigenvalue weighted by Gasteiger charge is -2.10. The van der Waals surface area contributed by atoms with Gasteiger partial charge in [0, 0.05) is 5.69 Å². The van der Waals surface area contributed by atoms with Crippen molar-refractivity contribution in [3.63, 3.8) is 0 Å². The van der Waals surface area contributed by atoms with Crippen LogP contribution in [0.25, 0.3) is 0 Å². The fourth-order valence-corrected chi connectivity index (χ4v) is 1.17. The summed E-state index contributed by atoms with van der Waals surface area (Å²) in [6.45, 7) is 1.81. The van der Waals surface area contributed by atoms with E-state index in [0.717, 1.165) is 0 Å².